The van der Waals surface area contributed by atoms with Gasteiger partial charge in [-0.05, 0) is 29.8 Å². The number of para-hydroxylation sites is 1. The summed E-state index contributed by atoms with van der Waals surface area (Å²) in [6.07, 6.45) is 3.44. The molecule has 0 atom stereocenters. The average molecular weight is 264 g/mol. The van der Waals surface area contributed by atoms with Crippen molar-refractivity contribution >= 4 is 18.2 Å². The number of halogens is 1. The first-order chi connectivity index (χ1) is 8.27. The smallest absolute Gasteiger partial charge is 0.130 e. The summed E-state index contributed by atoms with van der Waals surface area (Å²) < 4.78 is 5.64. The minimum Gasteiger partial charge on any atom is -0.488 e. The van der Waals surface area contributed by atoms with Crippen LogP contribution in [-0.2, 0) is 6.61 Å². The molecule has 1 aromatic carbocycles. The Hall–Kier alpha value is -2.07. The fourth-order valence-electron chi connectivity index (χ4n) is 1.46. The summed E-state index contributed by atoms with van der Waals surface area (Å²) in [5.74, 6) is 0.632. The Labute approximate surface area is 112 Å². The highest BCUT2D eigenvalue weighted by molar-refractivity contribution is 5.97. The van der Waals surface area contributed by atoms with Gasteiger partial charge in [-0.2, -0.15) is 0 Å². The molecule has 0 aliphatic rings. The highest BCUT2D eigenvalue weighted by Crippen LogP contribution is 2.18. The van der Waals surface area contributed by atoms with E-state index in [4.69, 9.17) is 15.9 Å². The number of nitrogen functional groups attached to an aromatic ring is 1. The van der Waals surface area contributed by atoms with E-state index in [0.717, 1.165) is 5.56 Å². The van der Waals surface area contributed by atoms with E-state index in [9.17, 15) is 0 Å². The molecule has 0 bridgehead atoms. The summed E-state index contributed by atoms with van der Waals surface area (Å²) in [6, 6.07) is 11.0. The molecule has 0 aliphatic carbocycles. The number of nitrogens with zero attached hydrogens (tertiary/aromatic N) is 1. The second-order valence-corrected chi connectivity index (χ2v) is 3.55. The highest BCUT2D eigenvalue weighted by Gasteiger charge is 2.05. The van der Waals surface area contributed by atoms with Crippen LogP contribution in [0.4, 0.5) is 0 Å². The quantitative estimate of drug-likeness (QED) is 0.657. The van der Waals surface area contributed by atoms with Crippen molar-refractivity contribution in [2.45, 2.75) is 6.61 Å². The number of pyridine rings is 1. The Balaban J connectivity index is 0.00000162. The Morgan fingerprint density at radius 1 is 1.17 bits per heavy atom. The number of aromatic nitrogens is 1. The van der Waals surface area contributed by atoms with E-state index in [0.29, 0.717) is 17.9 Å². The minimum absolute atomic E-state index is 0. The third kappa shape index (κ3) is 3.46. The molecule has 4 nitrogen and oxygen atoms in total. The lowest BCUT2D eigenvalue weighted by Gasteiger charge is -2.10. The van der Waals surface area contributed by atoms with Crippen LogP contribution in [0.5, 0.6) is 5.75 Å². The summed E-state index contributed by atoms with van der Waals surface area (Å²) in [4.78, 5) is 3.94. The number of benzene rings is 1. The van der Waals surface area contributed by atoms with Crippen molar-refractivity contribution in [2.75, 3.05) is 0 Å². The Bertz CT molecular complexity index is 517. The van der Waals surface area contributed by atoms with Gasteiger partial charge < -0.3 is 10.5 Å². The number of ether oxygens (including phenoxy) is 1. The number of rotatable bonds is 4. The van der Waals surface area contributed by atoms with E-state index in [1.807, 2.05) is 24.3 Å². The van der Waals surface area contributed by atoms with Crippen molar-refractivity contribution in [3.63, 3.8) is 0 Å². The monoisotopic (exact) mass is 263 g/mol. The third-order valence-electron chi connectivity index (χ3n) is 2.32. The maximum absolute atomic E-state index is 7.45. The third-order valence-corrected chi connectivity index (χ3v) is 2.32. The van der Waals surface area contributed by atoms with Gasteiger partial charge in [0.1, 0.15) is 18.2 Å². The minimum atomic E-state index is 0. The van der Waals surface area contributed by atoms with Gasteiger partial charge in [0.2, 0.25) is 0 Å². The van der Waals surface area contributed by atoms with Crippen LogP contribution >= 0.6 is 12.4 Å². The maximum atomic E-state index is 7.45. The average Bonchev–Trinajstić information content (AvgIpc) is 2.38. The molecule has 94 valence electrons. The molecule has 0 unspecified atom stereocenters. The highest BCUT2D eigenvalue weighted by atomic mass is 35.5. The molecule has 2 rings (SSSR count). The van der Waals surface area contributed by atoms with Crippen LogP contribution in [0.15, 0.2) is 48.8 Å². The molecule has 0 spiro atoms. The number of nitrogens with two attached hydrogens (primary N) is 1. The summed E-state index contributed by atoms with van der Waals surface area (Å²) in [5, 5.41) is 7.45. The van der Waals surface area contributed by atoms with E-state index in [2.05, 4.69) is 4.98 Å². The molecule has 0 amide bonds. The fourth-order valence-corrected chi connectivity index (χ4v) is 1.46. The van der Waals surface area contributed by atoms with Gasteiger partial charge in [-0.15, -0.1) is 12.4 Å². The largest absolute Gasteiger partial charge is 0.488 e. The van der Waals surface area contributed by atoms with Crippen LogP contribution in [0.2, 0.25) is 0 Å². The van der Waals surface area contributed by atoms with Crippen molar-refractivity contribution in [3.8, 4) is 5.75 Å². The first kappa shape index (κ1) is 14.0. The van der Waals surface area contributed by atoms with Gasteiger partial charge in [-0.3, -0.25) is 10.4 Å². The summed E-state index contributed by atoms with van der Waals surface area (Å²) in [6.45, 7) is 0.437. The second-order valence-electron chi connectivity index (χ2n) is 3.55. The zero-order chi connectivity index (χ0) is 12.1. The van der Waals surface area contributed by atoms with Gasteiger partial charge in [0.05, 0.1) is 5.56 Å². The molecular formula is C13H14ClN3O. The molecule has 3 N–H and O–H groups in total. The number of hydrogen-bond donors (Lipinski definition) is 2. The summed E-state index contributed by atoms with van der Waals surface area (Å²) in [5.41, 5.74) is 7.12. The molecule has 2 aromatic rings. The Morgan fingerprint density at radius 2 is 1.83 bits per heavy atom. The predicted octanol–water partition coefficient (Wildman–Crippen LogP) is 2.37. The molecule has 0 saturated heterocycles. The first-order valence-corrected chi connectivity index (χ1v) is 5.22. The lowest BCUT2D eigenvalue weighted by atomic mass is 10.2. The number of amidine groups is 1. The molecule has 18 heavy (non-hydrogen) atoms. The van der Waals surface area contributed by atoms with Crippen molar-refractivity contribution in [1.29, 1.82) is 5.41 Å². The molecule has 5 heteroatoms. The van der Waals surface area contributed by atoms with E-state index in [1.54, 1.807) is 24.5 Å². The molecule has 1 aromatic heterocycles. The zero-order valence-electron chi connectivity index (χ0n) is 9.67. The van der Waals surface area contributed by atoms with Crippen LogP contribution in [0.25, 0.3) is 0 Å². The van der Waals surface area contributed by atoms with E-state index < -0.39 is 0 Å². The van der Waals surface area contributed by atoms with Gasteiger partial charge in [0.15, 0.2) is 0 Å². The van der Waals surface area contributed by atoms with Crippen molar-refractivity contribution < 1.29 is 4.74 Å². The lowest BCUT2D eigenvalue weighted by Crippen LogP contribution is -2.13. The van der Waals surface area contributed by atoms with Crippen LogP contribution in [0.3, 0.4) is 0 Å². The lowest BCUT2D eigenvalue weighted by molar-refractivity contribution is 0.305. The Kier molecular flexibility index (Phi) is 5.14. The Morgan fingerprint density at radius 3 is 2.50 bits per heavy atom. The zero-order valence-corrected chi connectivity index (χ0v) is 10.5. The van der Waals surface area contributed by atoms with Crippen LogP contribution in [0.1, 0.15) is 11.1 Å². The summed E-state index contributed by atoms with van der Waals surface area (Å²) in [7, 11) is 0. The van der Waals surface area contributed by atoms with Crippen molar-refractivity contribution in [3.05, 3.63) is 59.9 Å². The van der Waals surface area contributed by atoms with Crippen LogP contribution in [0, 0.1) is 5.41 Å². The van der Waals surface area contributed by atoms with E-state index >= 15 is 0 Å². The van der Waals surface area contributed by atoms with Gasteiger partial charge >= 0.3 is 0 Å². The molecule has 1 heterocycles. The topological polar surface area (TPSA) is 72.0 Å². The molecular weight excluding hydrogens is 250 g/mol. The standard InChI is InChI=1S/C13H13N3O.ClH/c14-13(15)11-3-1-2-4-12(11)17-9-10-5-7-16-8-6-10;/h1-8H,9H2,(H3,14,15);1H. The van der Waals surface area contributed by atoms with Gasteiger partial charge in [-0.1, -0.05) is 12.1 Å². The van der Waals surface area contributed by atoms with E-state index in [-0.39, 0.29) is 18.2 Å². The van der Waals surface area contributed by atoms with Gasteiger partial charge in [0, 0.05) is 12.4 Å². The van der Waals surface area contributed by atoms with Gasteiger partial charge in [-0.25, -0.2) is 0 Å². The van der Waals surface area contributed by atoms with Crippen LogP contribution < -0.4 is 10.5 Å². The molecule has 0 radical (unpaired) electrons. The van der Waals surface area contributed by atoms with E-state index in [1.165, 1.54) is 0 Å². The van der Waals surface area contributed by atoms with Crippen molar-refractivity contribution in [2.24, 2.45) is 5.73 Å². The molecule has 0 aliphatic heterocycles. The normalized spacial score (nSPS) is 9.33. The van der Waals surface area contributed by atoms with Crippen molar-refractivity contribution in [1.82, 2.24) is 4.98 Å². The van der Waals surface area contributed by atoms with Gasteiger partial charge in [0.25, 0.3) is 0 Å². The van der Waals surface area contributed by atoms with Crippen LogP contribution in [-0.4, -0.2) is 10.8 Å². The first-order valence-electron chi connectivity index (χ1n) is 5.22. The predicted molar refractivity (Wildman–Crippen MR) is 73.3 cm³/mol. The molecule has 0 saturated carbocycles. The molecule has 0 fully saturated rings. The number of hydrogen-bond acceptors (Lipinski definition) is 3. The second kappa shape index (κ2) is 6.61. The fraction of sp³-hybridized carbons (Fsp3) is 0.0769. The summed E-state index contributed by atoms with van der Waals surface area (Å²) >= 11 is 0. The maximum Gasteiger partial charge on any atom is 0.130 e. The number of nitrogens with one attached hydrogen (secondary N) is 1. The SMILES string of the molecule is Cl.N=C(N)c1ccccc1OCc1ccncc1.